The fourth-order valence-corrected chi connectivity index (χ4v) is 3.26. The SMILES string of the molecule is NC(=O)N1CCC(Cc2ccc3cc(Cl)ccc3c2)CC1. The third kappa shape index (κ3) is 3.30. The minimum absolute atomic E-state index is 0.295. The third-order valence-electron chi connectivity index (χ3n) is 4.32. The van der Waals surface area contributed by atoms with Crippen molar-refractivity contribution in [2.24, 2.45) is 11.7 Å². The van der Waals surface area contributed by atoms with E-state index in [1.165, 1.54) is 16.3 Å². The molecule has 0 atom stereocenters. The van der Waals surface area contributed by atoms with Crippen molar-refractivity contribution in [1.29, 1.82) is 0 Å². The van der Waals surface area contributed by atoms with Crippen molar-refractivity contribution >= 4 is 28.4 Å². The summed E-state index contributed by atoms with van der Waals surface area (Å²) in [6, 6.07) is 12.2. The van der Waals surface area contributed by atoms with Crippen molar-refractivity contribution in [2.75, 3.05) is 13.1 Å². The molecule has 2 aromatic rings. The molecule has 0 bridgehead atoms. The molecule has 2 amide bonds. The lowest BCUT2D eigenvalue weighted by molar-refractivity contribution is 0.179. The maximum atomic E-state index is 11.1. The highest BCUT2D eigenvalue weighted by Crippen LogP contribution is 2.25. The molecule has 3 rings (SSSR count). The first kappa shape index (κ1) is 14.2. The number of halogens is 1. The molecule has 1 aliphatic heterocycles. The molecular formula is C17H19ClN2O. The van der Waals surface area contributed by atoms with E-state index in [0.717, 1.165) is 37.4 Å². The molecule has 0 aromatic heterocycles. The zero-order valence-corrected chi connectivity index (χ0v) is 12.6. The molecule has 0 saturated carbocycles. The summed E-state index contributed by atoms with van der Waals surface area (Å²) in [5.41, 5.74) is 6.67. The van der Waals surface area contributed by atoms with Gasteiger partial charge < -0.3 is 10.6 Å². The highest BCUT2D eigenvalue weighted by Gasteiger charge is 2.21. The van der Waals surface area contributed by atoms with Gasteiger partial charge >= 0.3 is 6.03 Å². The molecule has 0 unspecified atom stereocenters. The average molecular weight is 303 g/mol. The lowest BCUT2D eigenvalue weighted by Gasteiger charge is -2.30. The average Bonchev–Trinajstić information content (AvgIpc) is 2.48. The molecule has 1 heterocycles. The van der Waals surface area contributed by atoms with E-state index in [0.29, 0.717) is 5.92 Å². The monoisotopic (exact) mass is 302 g/mol. The fraction of sp³-hybridized carbons (Fsp3) is 0.353. The molecular weight excluding hydrogens is 284 g/mol. The molecule has 1 fully saturated rings. The van der Waals surface area contributed by atoms with Crippen molar-refractivity contribution in [1.82, 2.24) is 4.90 Å². The van der Waals surface area contributed by atoms with E-state index in [1.54, 1.807) is 4.90 Å². The van der Waals surface area contributed by atoms with Gasteiger partial charge in [0.1, 0.15) is 0 Å². The Kier molecular flexibility index (Phi) is 4.02. The highest BCUT2D eigenvalue weighted by molar-refractivity contribution is 6.31. The van der Waals surface area contributed by atoms with Crippen LogP contribution in [0, 0.1) is 5.92 Å². The number of carbonyl (C=O) groups excluding carboxylic acids is 1. The second kappa shape index (κ2) is 5.94. The first-order valence-electron chi connectivity index (χ1n) is 7.34. The maximum Gasteiger partial charge on any atom is 0.314 e. The Hall–Kier alpha value is -1.74. The molecule has 2 aromatic carbocycles. The summed E-state index contributed by atoms with van der Waals surface area (Å²) in [5.74, 6) is 0.630. The Balaban J connectivity index is 1.68. The second-order valence-corrected chi connectivity index (χ2v) is 6.24. The largest absolute Gasteiger partial charge is 0.351 e. The number of benzene rings is 2. The summed E-state index contributed by atoms with van der Waals surface area (Å²) >= 11 is 6.01. The van der Waals surface area contributed by atoms with Crippen molar-refractivity contribution < 1.29 is 4.79 Å². The van der Waals surface area contributed by atoms with Gasteiger partial charge in [0, 0.05) is 18.1 Å². The van der Waals surface area contributed by atoms with E-state index in [2.05, 4.69) is 24.3 Å². The van der Waals surface area contributed by atoms with Crippen molar-refractivity contribution in [3.05, 3.63) is 47.0 Å². The van der Waals surface area contributed by atoms with Crippen LogP contribution in [0.25, 0.3) is 10.8 Å². The number of hydrogen-bond acceptors (Lipinski definition) is 1. The van der Waals surface area contributed by atoms with E-state index in [1.807, 2.05) is 12.1 Å². The van der Waals surface area contributed by atoms with Gasteiger partial charge in [-0.3, -0.25) is 0 Å². The van der Waals surface area contributed by atoms with Crippen LogP contribution in [-0.2, 0) is 6.42 Å². The van der Waals surface area contributed by atoms with Gasteiger partial charge in [0.25, 0.3) is 0 Å². The zero-order chi connectivity index (χ0) is 14.8. The Morgan fingerprint density at radius 2 is 1.81 bits per heavy atom. The number of nitrogens with two attached hydrogens (primary N) is 1. The van der Waals surface area contributed by atoms with E-state index in [9.17, 15) is 4.79 Å². The standard InChI is InChI=1S/C17H19ClN2O/c18-16-4-3-14-10-13(1-2-15(14)11-16)9-12-5-7-20(8-6-12)17(19)21/h1-4,10-12H,5-9H2,(H2,19,21). The van der Waals surface area contributed by atoms with Gasteiger partial charge in [-0.15, -0.1) is 0 Å². The Labute approximate surface area is 129 Å². The summed E-state index contributed by atoms with van der Waals surface area (Å²) in [7, 11) is 0. The number of amides is 2. The van der Waals surface area contributed by atoms with Crippen LogP contribution in [0.1, 0.15) is 18.4 Å². The van der Waals surface area contributed by atoms with Gasteiger partial charge in [-0.2, -0.15) is 0 Å². The number of piperidine rings is 1. The van der Waals surface area contributed by atoms with E-state index >= 15 is 0 Å². The van der Waals surface area contributed by atoms with E-state index in [-0.39, 0.29) is 6.03 Å². The van der Waals surface area contributed by atoms with Crippen molar-refractivity contribution in [2.45, 2.75) is 19.3 Å². The van der Waals surface area contributed by atoms with Crippen molar-refractivity contribution in [3.63, 3.8) is 0 Å². The number of carbonyl (C=O) groups is 1. The van der Waals surface area contributed by atoms with Crippen LogP contribution in [0.4, 0.5) is 4.79 Å². The summed E-state index contributed by atoms with van der Waals surface area (Å²) in [6.45, 7) is 1.56. The van der Waals surface area contributed by atoms with Crippen LogP contribution in [0.5, 0.6) is 0 Å². The zero-order valence-electron chi connectivity index (χ0n) is 11.9. The topological polar surface area (TPSA) is 46.3 Å². The first-order chi connectivity index (χ1) is 10.1. The van der Waals surface area contributed by atoms with Crippen LogP contribution >= 0.6 is 11.6 Å². The molecule has 21 heavy (non-hydrogen) atoms. The molecule has 0 radical (unpaired) electrons. The van der Waals surface area contributed by atoms with Crippen molar-refractivity contribution in [3.8, 4) is 0 Å². The second-order valence-electron chi connectivity index (χ2n) is 5.80. The summed E-state index contributed by atoms with van der Waals surface area (Å²) in [5, 5.41) is 3.18. The predicted octanol–water partition coefficient (Wildman–Crippen LogP) is 3.83. The molecule has 1 aliphatic rings. The van der Waals surface area contributed by atoms with Gasteiger partial charge in [-0.25, -0.2) is 4.79 Å². The minimum atomic E-state index is -0.295. The molecule has 4 heteroatoms. The van der Waals surface area contributed by atoms with Crippen LogP contribution < -0.4 is 5.73 Å². The smallest absolute Gasteiger partial charge is 0.314 e. The molecule has 3 nitrogen and oxygen atoms in total. The lowest BCUT2D eigenvalue weighted by Crippen LogP contribution is -2.41. The van der Waals surface area contributed by atoms with Gasteiger partial charge in [0.2, 0.25) is 0 Å². The van der Waals surface area contributed by atoms with Gasteiger partial charge in [-0.05, 0) is 53.6 Å². The third-order valence-corrected chi connectivity index (χ3v) is 4.55. The number of likely N-dealkylation sites (tertiary alicyclic amines) is 1. The number of urea groups is 1. The number of hydrogen-bond donors (Lipinski definition) is 1. The lowest BCUT2D eigenvalue weighted by atomic mass is 9.89. The minimum Gasteiger partial charge on any atom is -0.351 e. The van der Waals surface area contributed by atoms with Gasteiger partial charge in [0.15, 0.2) is 0 Å². The molecule has 1 saturated heterocycles. The fourth-order valence-electron chi connectivity index (χ4n) is 3.08. The van der Waals surface area contributed by atoms with Gasteiger partial charge in [0.05, 0.1) is 0 Å². The first-order valence-corrected chi connectivity index (χ1v) is 7.72. The number of rotatable bonds is 2. The molecule has 0 aliphatic carbocycles. The normalized spacial score (nSPS) is 16.3. The highest BCUT2D eigenvalue weighted by atomic mass is 35.5. The van der Waals surface area contributed by atoms with Crippen LogP contribution in [0.2, 0.25) is 5.02 Å². The maximum absolute atomic E-state index is 11.1. The summed E-state index contributed by atoms with van der Waals surface area (Å²) in [6.07, 6.45) is 3.12. The summed E-state index contributed by atoms with van der Waals surface area (Å²) < 4.78 is 0. The Morgan fingerprint density at radius 1 is 1.14 bits per heavy atom. The number of fused-ring (bicyclic) bond motifs is 1. The molecule has 2 N–H and O–H groups in total. The summed E-state index contributed by atoms with van der Waals surface area (Å²) in [4.78, 5) is 12.9. The Bertz CT molecular complexity index is 663. The predicted molar refractivity (Wildman–Crippen MR) is 86.5 cm³/mol. The van der Waals surface area contributed by atoms with Gasteiger partial charge in [-0.1, -0.05) is 35.9 Å². The number of primary amides is 1. The van der Waals surface area contributed by atoms with Crippen LogP contribution in [0.3, 0.4) is 0 Å². The van der Waals surface area contributed by atoms with E-state index in [4.69, 9.17) is 17.3 Å². The molecule has 0 spiro atoms. The Morgan fingerprint density at radius 3 is 2.52 bits per heavy atom. The quantitative estimate of drug-likeness (QED) is 0.900. The van der Waals surface area contributed by atoms with E-state index < -0.39 is 0 Å². The van der Waals surface area contributed by atoms with Crippen LogP contribution in [0.15, 0.2) is 36.4 Å². The van der Waals surface area contributed by atoms with Crippen LogP contribution in [-0.4, -0.2) is 24.0 Å². The number of nitrogens with zero attached hydrogens (tertiary/aromatic N) is 1. The molecule has 110 valence electrons.